The Kier molecular flexibility index (Phi) is 7.09. The highest BCUT2D eigenvalue weighted by Crippen LogP contribution is 2.24. The molecule has 1 saturated heterocycles. The van der Waals surface area contributed by atoms with Crippen molar-refractivity contribution in [1.29, 1.82) is 0 Å². The molecule has 2 rings (SSSR count). The molecule has 1 aliphatic heterocycles. The second-order valence-electron chi connectivity index (χ2n) is 7.46. The van der Waals surface area contributed by atoms with Crippen molar-refractivity contribution in [3.8, 4) is 5.75 Å². The molecule has 0 aromatic heterocycles. The topological polar surface area (TPSA) is 63.7 Å². The second kappa shape index (κ2) is 8.89. The maximum absolute atomic E-state index is 12.7. The van der Waals surface area contributed by atoms with Crippen LogP contribution in [0.25, 0.3) is 0 Å². The van der Waals surface area contributed by atoms with Gasteiger partial charge in [0.05, 0.1) is 11.5 Å². The predicted molar refractivity (Wildman–Crippen MR) is 104 cm³/mol. The number of nitrogens with zero attached hydrogens (tertiary/aromatic N) is 1. The van der Waals surface area contributed by atoms with Crippen molar-refractivity contribution in [3.05, 3.63) is 29.3 Å². The van der Waals surface area contributed by atoms with Crippen LogP contribution < -0.4 is 4.74 Å². The molecule has 1 atom stereocenters. The van der Waals surface area contributed by atoms with E-state index in [9.17, 15) is 13.2 Å². The van der Waals surface area contributed by atoms with Gasteiger partial charge in [-0.05, 0) is 48.9 Å². The molecule has 0 spiro atoms. The number of benzene rings is 1. The van der Waals surface area contributed by atoms with E-state index in [-0.39, 0.29) is 30.1 Å². The molecule has 1 heterocycles. The average Bonchev–Trinajstić information content (AvgIpc) is 2.92. The van der Waals surface area contributed by atoms with Crippen molar-refractivity contribution in [2.24, 2.45) is 0 Å². The Hall–Kier alpha value is -1.56. The van der Waals surface area contributed by atoms with E-state index in [0.29, 0.717) is 24.6 Å². The van der Waals surface area contributed by atoms with E-state index < -0.39 is 9.84 Å². The van der Waals surface area contributed by atoms with Gasteiger partial charge in [-0.2, -0.15) is 0 Å². The lowest BCUT2D eigenvalue weighted by molar-refractivity contribution is -0.135. The van der Waals surface area contributed by atoms with Crippen LogP contribution in [0, 0.1) is 6.92 Å². The number of hydrogen-bond acceptors (Lipinski definition) is 4. The quantitative estimate of drug-likeness (QED) is 0.693. The van der Waals surface area contributed by atoms with Gasteiger partial charge in [-0.25, -0.2) is 8.42 Å². The maximum atomic E-state index is 12.7. The number of rotatable bonds is 8. The van der Waals surface area contributed by atoms with Gasteiger partial charge in [0.15, 0.2) is 16.4 Å². The van der Waals surface area contributed by atoms with Crippen LogP contribution in [0.1, 0.15) is 57.1 Å². The van der Waals surface area contributed by atoms with E-state index in [2.05, 4.69) is 20.8 Å². The molecule has 1 amide bonds. The summed E-state index contributed by atoms with van der Waals surface area (Å²) in [6.07, 6.45) is 2.35. The highest BCUT2D eigenvalue weighted by molar-refractivity contribution is 7.91. The van der Waals surface area contributed by atoms with E-state index in [1.165, 1.54) is 5.56 Å². The number of amides is 1. The summed E-state index contributed by atoms with van der Waals surface area (Å²) >= 11 is 0. The van der Waals surface area contributed by atoms with Crippen LogP contribution in [0.5, 0.6) is 5.75 Å². The number of carbonyl (C=O) groups excluding carboxylic acids is 1. The van der Waals surface area contributed by atoms with E-state index in [1.54, 1.807) is 4.90 Å². The van der Waals surface area contributed by atoms with Crippen LogP contribution in [0.4, 0.5) is 0 Å². The summed E-state index contributed by atoms with van der Waals surface area (Å²) in [6, 6.07) is 5.68. The molecule has 0 radical (unpaired) electrons. The van der Waals surface area contributed by atoms with Crippen molar-refractivity contribution in [2.75, 3.05) is 24.7 Å². The lowest BCUT2D eigenvalue weighted by Gasteiger charge is -2.28. The molecule has 1 aromatic carbocycles. The zero-order chi connectivity index (χ0) is 19.3. The fourth-order valence-electron chi connectivity index (χ4n) is 3.47. The molecular formula is C20H31NO4S. The van der Waals surface area contributed by atoms with Crippen molar-refractivity contribution in [3.63, 3.8) is 0 Å². The number of aryl methyl sites for hydroxylation is 1. The molecule has 0 aliphatic carbocycles. The minimum atomic E-state index is -3.02. The number of sulfone groups is 1. The Labute approximate surface area is 157 Å². The third-order valence-corrected chi connectivity index (χ3v) is 6.70. The first-order valence-electron chi connectivity index (χ1n) is 9.46. The van der Waals surface area contributed by atoms with Crippen LogP contribution >= 0.6 is 0 Å². The monoisotopic (exact) mass is 381 g/mol. The zero-order valence-electron chi connectivity index (χ0n) is 16.3. The van der Waals surface area contributed by atoms with Crippen LogP contribution in [0.2, 0.25) is 0 Å². The Morgan fingerprint density at radius 3 is 2.62 bits per heavy atom. The minimum Gasteiger partial charge on any atom is -0.484 e. The van der Waals surface area contributed by atoms with Gasteiger partial charge in [0, 0.05) is 12.6 Å². The number of carbonyl (C=O) groups is 1. The van der Waals surface area contributed by atoms with Crippen LogP contribution in [0.15, 0.2) is 18.2 Å². The van der Waals surface area contributed by atoms with Crippen molar-refractivity contribution >= 4 is 15.7 Å². The van der Waals surface area contributed by atoms with E-state index >= 15 is 0 Å². The van der Waals surface area contributed by atoms with Crippen LogP contribution in [-0.2, 0) is 14.6 Å². The van der Waals surface area contributed by atoms with E-state index in [1.807, 2.05) is 25.1 Å². The lowest BCUT2D eigenvalue weighted by Crippen LogP contribution is -2.44. The van der Waals surface area contributed by atoms with Gasteiger partial charge < -0.3 is 9.64 Å². The van der Waals surface area contributed by atoms with Gasteiger partial charge in [0.2, 0.25) is 0 Å². The molecular weight excluding hydrogens is 350 g/mol. The van der Waals surface area contributed by atoms with Crippen LogP contribution in [-0.4, -0.2) is 49.9 Å². The molecule has 6 heteroatoms. The van der Waals surface area contributed by atoms with Gasteiger partial charge in [0.1, 0.15) is 5.75 Å². The van der Waals surface area contributed by atoms with Crippen LogP contribution in [0.3, 0.4) is 0 Å². The summed E-state index contributed by atoms with van der Waals surface area (Å²) < 4.78 is 29.3. The Bertz CT molecular complexity index is 727. The number of unbranched alkanes of at least 4 members (excludes halogenated alkanes) is 1. The summed E-state index contributed by atoms with van der Waals surface area (Å²) in [5.74, 6) is 1.23. The molecule has 1 unspecified atom stereocenters. The fraction of sp³-hybridized carbons (Fsp3) is 0.650. The first kappa shape index (κ1) is 20.7. The summed E-state index contributed by atoms with van der Waals surface area (Å²) in [5, 5.41) is 0. The third-order valence-electron chi connectivity index (χ3n) is 4.95. The molecule has 0 bridgehead atoms. The predicted octanol–water partition coefficient (Wildman–Crippen LogP) is 3.31. The first-order valence-corrected chi connectivity index (χ1v) is 11.3. The highest BCUT2D eigenvalue weighted by Gasteiger charge is 2.34. The summed E-state index contributed by atoms with van der Waals surface area (Å²) in [6.45, 7) is 8.93. The first-order chi connectivity index (χ1) is 12.2. The number of hydrogen-bond donors (Lipinski definition) is 0. The Morgan fingerprint density at radius 2 is 2.08 bits per heavy atom. The van der Waals surface area contributed by atoms with Crippen molar-refractivity contribution in [1.82, 2.24) is 4.90 Å². The molecule has 1 aromatic rings. The van der Waals surface area contributed by atoms with Gasteiger partial charge in [-0.15, -0.1) is 0 Å². The van der Waals surface area contributed by atoms with Gasteiger partial charge in [-0.3, -0.25) is 4.79 Å². The average molecular weight is 382 g/mol. The number of ether oxygens (including phenoxy) is 1. The normalized spacial score (nSPS) is 18.9. The molecule has 0 N–H and O–H groups in total. The maximum Gasteiger partial charge on any atom is 0.260 e. The zero-order valence-corrected chi connectivity index (χ0v) is 17.1. The molecule has 0 saturated carbocycles. The molecule has 26 heavy (non-hydrogen) atoms. The minimum absolute atomic E-state index is 0.0548. The lowest BCUT2D eigenvalue weighted by atomic mass is 9.98. The Balaban J connectivity index is 2.01. The SMILES string of the molecule is CCCCN(C(=O)COc1ccc(C(C)C)c(C)c1)C1CCS(=O)(=O)C1. The fourth-order valence-corrected chi connectivity index (χ4v) is 5.21. The highest BCUT2D eigenvalue weighted by atomic mass is 32.2. The van der Waals surface area contributed by atoms with Gasteiger partial charge in [0.25, 0.3) is 5.91 Å². The van der Waals surface area contributed by atoms with Gasteiger partial charge in [-0.1, -0.05) is 33.3 Å². The second-order valence-corrected chi connectivity index (χ2v) is 9.69. The summed E-state index contributed by atoms with van der Waals surface area (Å²) in [5.41, 5.74) is 2.42. The van der Waals surface area contributed by atoms with E-state index in [0.717, 1.165) is 18.4 Å². The van der Waals surface area contributed by atoms with Crippen molar-refractivity contribution in [2.45, 2.75) is 58.9 Å². The molecule has 1 aliphatic rings. The smallest absolute Gasteiger partial charge is 0.260 e. The summed E-state index contributed by atoms with van der Waals surface area (Å²) in [7, 11) is -3.02. The van der Waals surface area contributed by atoms with Crippen molar-refractivity contribution < 1.29 is 17.9 Å². The molecule has 5 nitrogen and oxygen atoms in total. The largest absolute Gasteiger partial charge is 0.484 e. The Morgan fingerprint density at radius 1 is 1.35 bits per heavy atom. The molecule has 1 fully saturated rings. The third kappa shape index (κ3) is 5.47. The summed E-state index contributed by atoms with van der Waals surface area (Å²) in [4.78, 5) is 14.4. The van der Waals surface area contributed by atoms with E-state index in [4.69, 9.17) is 4.74 Å². The standard InChI is InChI=1S/C20H31NO4S/c1-5-6-10-21(17-9-11-26(23,24)14-17)20(22)13-25-18-7-8-19(15(2)3)16(4)12-18/h7-8,12,15,17H,5-6,9-11,13-14H2,1-4H3. The van der Waals surface area contributed by atoms with Gasteiger partial charge >= 0.3 is 0 Å². The molecule has 146 valence electrons.